The van der Waals surface area contributed by atoms with Crippen molar-refractivity contribution in [3.05, 3.63) is 27.7 Å². The number of hydrogen-bond donors (Lipinski definition) is 1. The van der Waals surface area contributed by atoms with Gasteiger partial charge in [-0.2, -0.15) is 0 Å². The molecule has 0 aliphatic heterocycles. The van der Waals surface area contributed by atoms with Crippen LogP contribution in [0.4, 0.5) is 8.78 Å². The Bertz CT molecular complexity index is 708. The van der Waals surface area contributed by atoms with E-state index in [0.29, 0.717) is 9.61 Å². The maximum absolute atomic E-state index is 14.0. The summed E-state index contributed by atoms with van der Waals surface area (Å²) in [6.45, 7) is 0. The number of nitrogens with zero attached hydrogens (tertiary/aromatic N) is 3. The lowest BCUT2D eigenvalue weighted by Gasteiger charge is -2.00. The number of hydrogen-bond acceptors (Lipinski definition) is 4. The highest BCUT2D eigenvalue weighted by molar-refractivity contribution is 9.10. The van der Waals surface area contributed by atoms with Crippen LogP contribution in [0.5, 0.6) is 0 Å². The molecule has 0 bridgehead atoms. The van der Waals surface area contributed by atoms with Crippen molar-refractivity contribution in [1.82, 2.24) is 20.4 Å². The van der Waals surface area contributed by atoms with Crippen LogP contribution in [0.25, 0.3) is 21.6 Å². The van der Waals surface area contributed by atoms with Crippen LogP contribution in [0.1, 0.15) is 0 Å². The van der Waals surface area contributed by atoms with E-state index in [4.69, 9.17) is 0 Å². The second-order valence-electron chi connectivity index (χ2n) is 3.23. The van der Waals surface area contributed by atoms with Crippen LogP contribution in [-0.2, 0) is 0 Å². The first-order valence-corrected chi connectivity index (χ1v) is 6.14. The van der Waals surface area contributed by atoms with Crippen molar-refractivity contribution in [3.8, 4) is 10.6 Å². The summed E-state index contributed by atoms with van der Waals surface area (Å²) in [7, 11) is 0. The van der Waals surface area contributed by atoms with Crippen LogP contribution in [0.15, 0.2) is 16.0 Å². The van der Waals surface area contributed by atoms with Crippen LogP contribution < -0.4 is 0 Å². The molecule has 0 saturated carbocycles. The van der Waals surface area contributed by atoms with E-state index in [1.54, 1.807) is 5.38 Å². The van der Waals surface area contributed by atoms with Crippen molar-refractivity contribution in [2.45, 2.75) is 0 Å². The summed E-state index contributed by atoms with van der Waals surface area (Å²) in [5, 5.41) is 11.3. The van der Waals surface area contributed by atoms with E-state index in [9.17, 15) is 8.78 Å². The Kier molecular flexibility index (Phi) is 2.40. The van der Waals surface area contributed by atoms with Gasteiger partial charge in [-0.1, -0.05) is 5.21 Å². The van der Waals surface area contributed by atoms with Crippen molar-refractivity contribution in [2.24, 2.45) is 0 Å². The van der Waals surface area contributed by atoms with Gasteiger partial charge in [0, 0.05) is 5.38 Å². The molecule has 0 radical (unpaired) electrons. The second kappa shape index (κ2) is 3.81. The first-order chi connectivity index (χ1) is 8.16. The molecule has 3 rings (SSSR count). The van der Waals surface area contributed by atoms with Gasteiger partial charge in [0.2, 0.25) is 0 Å². The number of fused-ring (bicyclic) bond motifs is 1. The third kappa shape index (κ3) is 1.64. The van der Waals surface area contributed by atoms with E-state index < -0.39 is 11.6 Å². The Hall–Kier alpha value is -1.41. The van der Waals surface area contributed by atoms with E-state index in [1.807, 2.05) is 0 Å². The lowest BCUT2D eigenvalue weighted by Crippen LogP contribution is -1.90. The average molecular weight is 317 g/mol. The molecule has 0 atom stereocenters. The molecule has 2 heterocycles. The zero-order valence-corrected chi connectivity index (χ0v) is 10.4. The number of thiazole rings is 1. The average Bonchev–Trinajstić information content (AvgIpc) is 2.91. The summed E-state index contributed by atoms with van der Waals surface area (Å²) in [4.78, 5) is 4.04. The third-order valence-corrected chi connectivity index (χ3v) is 3.79. The molecule has 86 valence electrons. The van der Waals surface area contributed by atoms with Crippen LogP contribution in [0.2, 0.25) is 0 Å². The van der Waals surface area contributed by atoms with Gasteiger partial charge in [0.05, 0.1) is 5.56 Å². The first-order valence-electron chi connectivity index (χ1n) is 4.47. The van der Waals surface area contributed by atoms with Gasteiger partial charge < -0.3 is 0 Å². The summed E-state index contributed by atoms with van der Waals surface area (Å²) in [6.07, 6.45) is 0. The first kappa shape index (κ1) is 10.7. The van der Waals surface area contributed by atoms with Crippen LogP contribution in [-0.4, -0.2) is 20.4 Å². The molecule has 0 unspecified atom stereocenters. The molecule has 2 aromatic heterocycles. The molecule has 0 fully saturated rings. The Morgan fingerprint density at radius 3 is 2.88 bits per heavy atom. The maximum atomic E-state index is 14.0. The quantitative estimate of drug-likeness (QED) is 0.750. The Morgan fingerprint density at radius 1 is 1.35 bits per heavy atom. The number of benzene rings is 1. The molecule has 4 nitrogen and oxygen atoms in total. The van der Waals surface area contributed by atoms with E-state index in [2.05, 4.69) is 36.3 Å². The molecule has 1 N–H and O–H groups in total. The van der Waals surface area contributed by atoms with E-state index in [-0.39, 0.29) is 16.6 Å². The SMILES string of the molecule is Fc1c(-c2nc(Br)cs2)cc(F)c2[nH]nnc12. The molecular formula is C9H3BrF2N4S. The molecule has 0 amide bonds. The predicted octanol–water partition coefficient (Wildman–Crippen LogP) is 3.12. The third-order valence-electron chi connectivity index (χ3n) is 2.21. The summed E-state index contributed by atoms with van der Waals surface area (Å²) in [5.41, 5.74) is -0.0761. The standard InChI is InChI=1S/C9H3BrF2N4S/c10-5-2-17-9(13-5)3-1-4(11)7-8(6(3)12)15-16-14-7/h1-2H,(H,14,15,16). The topological polar surface area (TPSA) is 54.5 Å². The monoisotopic (exact) mass is 316 g/mol. The number of nitrogens with one attached hydrogen (secondary N) is 1. The Balaban J connectivity index is 2.33. The molecule has 0 spiro atoms. The summed E-state index contributed by atoms with van der Waals surface area (Å²) < 4.78 is 28.3. The number of aromatic amines is 1. The minimum absolute atomic E-state index is 0.0399. The van der Waals surface area contributed by atoms with Gasteiger partial charge in [0.25, 0.3) is 0 Å². The van der Waals surface area contributed by atoms with Gasteiger partial charge in [0.1, 0.15) is 15.1 Å². The van der Waals surface area contributed by atoms with E-state index >= 15 is 0 Å². The van der Waals surface area contributed by atoms with Crippen LogP contribution in [0, 0.1) is 11.6 Å². The molecule has 0 saturated heterocycles. The Morgan fingerprint density at radius 2 is 2.18 bits per heavy atom. The fraction of sp³-hybridized carbons (Fsp3) is 0. The van der Waals surface area contributed by atoms with Crippen molar-refractivity contribution in [2.75, 3.05) is 0 Å². The smallest absolute Gasteiger partial charge is 0.163 e. The number of H-pyrrole nitrogens is 1. The molecule has 8 heteroatoms. The van der Waals surface area contributed by atoms with Gasteiger partial charge in [0.15, 0.2) is 17.2 Å². The zero-order valence-electron chi connectivity index (χ0n) is 8.04. The van der Waals surface area contributed by atoms with Gasteiger partial charge in [-0.05, 0) is 22.0 Å². The van der Waals surface area contributed by atoms with Gasteiger partial charge in [-0.25, -0.2) is 13.8 Å². The molecular weight excluding hydrogens is 314 g/mol. The summed E-state index contributed by atoms with van der Waals surface area (Å²) in [5.74, 6) is -1.23. The molecule has 0 aliphatic rings. The van der Waals surface area contributed by atoms with Gasteiger partial charge >= 0.3 is 0 Å². The van der Waals surface area contributed by atoms with Crippen molar-refractivity contribution in [3.63, 3.8) is 0 Å². The van der Waals surface area contributed by atoms with Crippen molar-refractivity contribution < 1.29 is 8.78 Å². The lowest BCUT2D eigenvalue weighted by atomic mass is 10.2. The molecule has 3 aromatic rings. The normalized spacial score (nSPS) is 11.2. The fourth-order valence-corrected chi connectivity index (χ4v) is 2.73. The largest absolute Gasteiger partial charge is 0.254 e. The number of halogens is 3. The lowest BCUT2D eigenvalue weighted by molar-refractivity contribution is 0.618. The predicted molar refractivity (Wildman–Crippen MR) is 62.6 cm³/mol. The highest BCUT2D eigenvalue weighted by Crippen LogP contribution is 2.32. The molecule has 0 aliphatic carbocycles. The summed E-state index contributed by atoms with van der Waals surface area (Å²) >= 11 is 4.38. The minimum Gasteiger partial charge on any atom is -0.254 e. The molecule has 1 aromatic carbocycles. The van der Waals surface area contributed by atoms with Gasteiger partial charge in [-0.3, -0.25) is 5.10 Å². The zero-order chi connectivity index (χ0) is 12.0. The van der Waals surface area contributed by atoms with Crippen LogP contribution >= 0.6 is 27.3 Å². The summed E-state index contributed by atoms with van der Waals surface area (Å²) in [6, 6.07) is 1.09. The second-order valence-corrected chi connectivity index (χ2v) is 4.90. The highest BCUT2D eigenvalue weighted by atomic mass is 79.9. The maximum Gasteiger partial charge on any atom is 0.163 e. The van der Waals surface area contributed by atoms with Gasteiger partial charge in [-0.15, -0.1) is 16.4 Å². The Labute approximate surface area is 106 Å². The molecule has 17 heavy (non-hydrogen) atoms. The van der Waals surface area contributed by atoms with Crippen molar-refractivity contribution >= 4 is 38.3 Å². The fourth-order valence-electron chi connectivity index (χ4n) is 1.47. The minimum atomic E-state index is -0.628. The van der Waals surface area contributed by atoms with E-state index in [1.165, 1.54) is 11.3 Å². The van der Waals surface area contributed by atoms with E-state index in [0.717, 1.165) is 6.07 Å². The number of aromatic nitrogens is 4. The number of rotatable bonds is 1. The van der Waals surface area contributed by atoms with Crippen LogP contribution in [0.3, 0.4) is 0 Å². The highest BCUT2D eigenvalue weighted by Gasteiger charge is 2.18. The van der Waals surface area contributed by atoms with Crippen molar-refractivity contribution in [1.29, 1.82) is 0 Å².